The summed E-state index contributed by atoms with van der Waals surface area (Å²) in [5.74, 6) is 0.705. The summed E-state index contributed by atoms with van der Waals surface area (Å²) in [4.78, 5) is 12.2. The van der Waals surface area contributed by atoms with Gasteiger partial charge in [-0.2, -0.15) is 0 Å². The van der Waals surface area contributed by atoms with Crippen LogP contribution in [0.25, 0.3) is 11.1 Å². The van der Waals surface area contributed by atoms with Crippen LogP contribution in [0.15, 0.2) is 91.5 Å². The first-order valence-corrected chi connectivity index (χ1v) is 8.52. The Hall–Kier alpha value is -3.33. The summed E-state index contributed by atoms with van der Waals surface area (Å²) < 4.78 is 5.43. The van der Waals surface area contributed by atoms with Gasteiger partial charge in [0.1, 0.15) is 12.4 Å². The molecular weight excluding hydrogens is 322 g/mol. The van der Waals surface area contributed by atoms with Crippen LogP contribution < -0.4 is 10.1 Å². The Labute approximate surface area is 154 Å². The molecular formula is C23H21NO2. The number of ether oxygens (including phenoxy) is 1. The van der Waals surface area contributed by atoms with Crippen LogP contribution in [0.3, 0.4) is 0 Å². The number of carbonyl (C=O) groups is 1. The fourth-order valence-electron chi connectivity index (χ4n) is 2.63. The van der Waals surface area contributed by atoms with Crippen LogP contribution in [0.2, 0.25) is 0 Å². The Bertz CT molecular complexity index is 853. The van der Waals surface area contributed by atoms with Gasteiger partial charge >= 0.3 is 0 Å². The van der Waals surface area contributed by atoms with Crippen LogP contribution in [0.1, 0.15) is 5.56 Å². The van der Waals surface area contributed by atoms with E-state index in [2.05, 4.69) is 24.0 Å². The normalized spacial score (nSPS) is 10.2. The monoisotopic (exact) mass is 343 g/mol. The number of hydrogen-bond donors (Lipinski definition) is 1. The highest BCUT2D eigenvalue weighted by Gasteiger charge is 2.05. The number of anilines is 1. The minimum absolute atomic E-state index is 0.0442. The van der Waals surface area contributed by atoms with Crippen molar-refractivity contribution in [3.8, 4) is 16.9 Å². The van der Waals surface area contributed by atoms with E-state index in [4.69, 9.17) is 4.74 Å². The summed E-state index contributed by atoms with van der Waals surface area (Å²) >= 11 is 0. The third-order valence-corrected chi connectivity index (χ3v) is 3.93. The first-order valence-electron chi connectivity index (χ1n) is 8.52. The standard InChI is InChI=1S/C23H21NO2/c1-2-16-26-22-14-12-21(13-15-22)24-23(25)17-18-8-10-20(11-9-18)19-6-4-3-5-7-19/h2-15H,1,16-17H2,(H,24,25). The lowest BCUT2D eigenvalue weighted by Gasteiger charge is -2.08. The molecule has 0 bridgehead atoms. The summed E-state index contributed by atoms with van der Waals surface area (Å²) in [6.07, 6.45) is 2.03. The van der Waals surface area contributed by atoms with Crippen molar-refractivity contribution in [1.29, 1.82) is 0 Å². The highest BCUT2D eigenvalue weighted by molar-refractivity contribution is 5.92. The molecule has 3 heteroatoms. The number of hydrogen-bond acceptors (Lipinski definition) is 2. The van der Waals surface area contributed by atoms with Crippen molar-refractivity contribution >= 4 is 11.6 Å². The van der Waals surface area contributed by atoms with Crippen LogP contribution in [0.5, 0.6) is 5.75 Å². The molecule has 0 saturated carbocycles. The maximum atomic E-state index is 12.2. The molecule has 26 heavy (non-hydrogen) atoms. The second kappa shape index (κ2) is 8.67. The molecule has 0 aliphatic rings. The predicted octanol–water partition coefficient (Wildman–Crippen LogP) is 5.10. The summed E-state index contributed by atoms with van der Waals surface area (Å²) in [5, 5.41) is 2.91. The topological polar surface area (TPSA) is 38.3 Å². The zero-order valence-electron chi connectivity index (χ0n) is 14.5. The minimum atomic E-state index is -0.0442. The van der Waals surface area contributed by atoms with Gasteiger partial charge in [0.15, 0.2) is 0 Å². The van der Waals surface area contributed by atoms with Gasteiger partial charge in [-0.15, -0.1) is 0 Å². The van der Waals surface area contributed by atoms with E-state index in [1.807, 2.05) is 66.7 Å². The predicted molar refractivity (Wildman–Crippen MR) is 106 cm³/mol. The molecule has 0 spiro atoms. The van der Waals surface area contributed by atoms with Gasteiger partial charge in [0, 0.05) is 5.69 Å². The number of rotatable bonds is 7. The molecule has 3 aromatic rings. The Kier molecular flexibility index (Phi) is 5.84. The molecule has 0 heterocycles. The molecule has 3 nitrogen and oxygen atoms in total. The van der Waals surface area contributed by atoms with Gasteiger partial charge in [-0.25, -0.2) is 0 Å². The van der Waals surface area contributed by atoms with Gasteiger partial charge in [-0.3, -0.25) is 4.79 Å². The summed E-state index contributed by atoms with van der Waals surface area (Å²) in [6, 6.07) is 25.6. The third kappa shape index (κ3) is 4.84. The molecule has 0 radical (unpaired) electrons. The number of carbonyl (C=O) groups excluding carboxylic acids is 1. The summed E-state index contributed by atoms with van der Waals surface area (Å²) in [5.41, 5.74) is 4.04. The molecule has 0 unspecified atom stereocenters. The van der Waals surface area contributed by atoms with Crippen molar-refractivity contribution in [2.45, 2.75) is 6.42 Å². The quantitative estimate of drug-likeness (QED) is 0.606. The average Bonchev–Trinajstić information content (AvgIpc) is 2.69. The van der Waals surface area contributed by atoms with Gasteiger partial charge in [0.05, 0.1) is 6.42 Å². The number of amides is 1. The van der Waals surface area contributed by atoms with E-state index in [1.54, 1.807) is 6.08 Å². The summed E-state index contributed by atoms with van der Waals surface area (Å²) in [7, 11) is 0. The second-order valence-electron chi connectivity index (χ2n) is 5.91. The highest BCUT2D eigenvalue weighted by atomic mass is 16.5. The minimum Gasteiger partial charge on any atom is -0.490 e. The van der Waals surface area contributed by atoms with Crippen LogP contribution in [0, 0.1) is 0 Å². The largest absolute Gasteiger partial charge is 0.490 e. The van der Waals surface area contributed by atoms with E-state index < -0.39 is 0 Å². The van der Waals surface area contributed by atoms with E-state index in [0.717, 1.165) is 22.6 Å². The zero-order chi connectivity index (χ0) is 18.2. The average molecular weight is 343 g/mol. The lowest BCUT2D eigenvalue weighted by atomic mass is 10.0. The number of nitrogens with one attached hydrogen (secondary N) is 1. The first kappa shape index (κ1) is 17.5. The van der Waals surface area contributed by atoms with Crippen molar-refractivity contribution in [2.75, 3.05) is 11.9 Å². The smallest absolute Gasteiger partial charge is 0.228 e. The summed E-state index contributed by atoms with van der Waals surface area (Å²) in [6.45, 7) is 4.08. The maximum absolute atomic E-state index is 12.2. The molecule has 0 aromatic heterocycles. The molecule has 0 aliphatic carbocycles. The van der Waals surface area contributed by atoms with Crippen molar-refractivity contribution < 1.29 is 9.53 Å². The van der Waals surface area contributed by atoms with Crippen molar-refractivity contribution in [3.05, 3.63) is 97.1 Å². The Balaban J connectivity index is 1.57. The SMILES string of the molecule is C=CCOc1ccc(NC(=O)Cc2ccc(-c3ccccc3)cc2)cc1. The third-order valence-electron chi connectivity index (χ3n) is 3.93. The molecule has 3 rings (SSSR count). The molecule has 3 aromatic carbocycles. The van der Waals surface area contributed by atoms with Gasteiger partial charge in [0.2, 0.25) is 5.91 Å². The van der Waals surface area contributed by atoms with Gasteiger partial charge in [0.25, 0.3) is 0 Å². The van der Waals surface area contributed by atoms with Crippen LogP contribution in [-0.4, -0.2) is 12.5 Å². The van der Waals surface area contributed by atoms with Crippen LogP contribution >= 0.6 is 0 Å². The van der Waals surface area contributed by atoms with Crippen molar-refractivity contribution in [2.24, 2.45) is 0 Å². The van der Waals surface area contributed by atoms with Crippen LogP contribution in [0.4, 0.5) is 5.69 Å². The van der Waals surface area contributed by atoms with E-state index >= 15 is 0 Å². The van der Waals surface area contributed by atoms with E-state index in [-0.39, 0.29) is 5.91 Å². The van der Waals surface area contributed by atoms with E-state index in [0.29, 0.717) is 13.0 Å². The van der Waals surface area contributed by atoms with Crippen molar-refractivity contribution in [3.63, 3.8) is 0 Å². The molecule has 0 aliphatic heterocycles. The van der Waals surface area contributed by atoms with Crippen molar-refractivity contribution in [1.82, 2.24) is 0 Å². The molecule has 0 saturated heterocycles. The number of benzene rings is 3. The molecule has 0 atom stereocenters. The highest BCUT2D eigenvalue weighted by Crippen LogP contribution is 2.20. The molecule has 130 valence electrons. The second-order valence-corrected chi connectivity index (χ2v) is 5.91. The van der Waals surface area contributed by atoms with Gasteiger partial charge < -0.3 is 10.1 Å². The Morgan fingerprint density at radius 2 is 1.54 bits per heavy atom. The zero-order valence-corrected chi connectivity index (χ0v) is 14.5. The fourth-order valence-corrected chi connectivity index (χ4v) is 2.63. The molecule has 0 fully saturated rings. The Morgan fingerprint density at radius 3 is 2.19 bits per heavy atom. The van der Waals surface area contributed by atoms with Gasteiger partial charge in [-0.1, -0.05) is 67.3 Å². The van der Waals surface area contributed by atoms with Crippen LogP contribution in [-0.2, 0) is 11.2 Å². The maximum Gasteiger partial charge on any atom is 0.228 e. The molecule has 1 N–H and O–H groups in total. The fraction of sp³-hybridized carbons (Fsp3) is 0.0870. The van der Waals surface area contributed by atoms with E-state index in [9.17, 15) is 4.79 Å². The van der Waals surface area contributed by atoms with Gasteiger partial charge in [-0.05, 0) is 41.0 Å². The Morgan fingerprint density at radius 1 is 0.885 bits per heavy atom. The first-order chi connectivity index (χ1) is 12.7. The lowest BCUT2D eigenvalue weighted by molar-refractivity contribution is -0.115. The lowest BCUT2D eigenvalue weighted by Crippen LogP contribution is -2.14. The van der Waals surface area contributed by atoms with E-state index in [1.165, 1.54) is 5.56 Å². The molecule has 1 amide bonds.